The maximum absolute atomic E-state index is 8.87. The Morgan fingerprint density at radius 2 is 2.00 bits per heavy atom. The monoisotopic (exact) mass is 295 g/mol. The Labute approximate surface area is 132 Å². The average Bonchev–Trinajstić information content (AvgIpc) is 2.55. The highest BCUT2D eigenvalue weighted by atomic mass is 16.5. The first-order valence-corrected chi connectivity index (χ1v) is 7.57. The maximum Gasteiger partial charge on any atom is 0.130 e. The zero-order valence-corrected chi connectivity index (χ0v) is 13.2. The number of hydrogen-bond acceptors (Lipinski definition) is 4. The fourth-order valence-corrected chi connectivity index (χ4v) is 2.73. The van der Waals surface area contributed by atoms with Gasteiger partial charge in [-0.3, -0.25) is 4.90 Å². The molecule has 1 aliphatic rings. The molecule has 1 saturated heterocycles. The molecule has 0 saturated carbocycles. The Morgan fingerprint density at radius 1 is 1.32 bits per heavy atom. The van der Waals surface area contributed by atoms with Crippen molar-refractivity contribution < 1.29 is 4.74 Å². The van der Waals surface area contributed by atoms with Gasteiger partial charge >= 0.3 is 0 Å². The third-order valence-corrected chi connectivity index (χ3v) is 4.13. The van der Waals surface area contributed by atoms with Gasteiger partial charge in [0.15, 0.2) is 0 Å². The van der Waals surface area contributed by atoms with Crippen LogP contribution in [0.5, 0.6) is 5.75 Å². The second-order valence-electron chi connectivity index (χ2n) is 5.81. The first-order chi connectivity index (χ1) is 10.7. The van der Waals surface area contributed by atoms with Crippen LogP contribution < -0.4 is 4.74 Å². The van der Waals surface area contributed by atoms with Gasteiger partial charge < -0.3 is 4.74 Å². The van der Waals surface area contributed by atoms with Crippen molar-refractivity contribution >= 4 is 6.08 Å². The van der Waals surface area contributed by atoms with Gasteiger partial charge in [-0.2, -0.15) is 10.5 Å². The number of nitrogens with zero attached hydrogens (tertiary/aromatic N) is 3. The van der Waals surface area contributed by atoms with Crippen LogP contribution in [0.3, 0.4) is 0 Å². The molecular weight excluding hydrogens is 274 g/mol. The van der Waals surface area contributed by atoms with Gasteiger partial charge in [0, 0.05) is 12.1 Å². The molecule has 1 aromatic rings. The van der Waals surface area contributed by atoms with Crippen LogP contribution in [-0.4, -0.2) is 25.1 Å². The number of likely N-dealkylation sites (tertiary alicyclic amines) is 1. The molecule has 1 aliphatic heterocycles. The van der Waals surface area contributed by atoms with Crippen LogP contribution in [0.25, 0.3) is 6.08 Å². The topological polar surface area (TPSA) is 60.0 Å². The van der Waals surface area contributed by atoms with E-state index in [0.29, 0.717) is 0 Å². The van der Waals surface area contributed by atoms with E-state index in [-0.39, 0.29) is 5.57 Å². The molecule has 22 heavy (non-hydrogen) atoms. The van der Waals surface area contributed by atoms with Crippen LogP contribution in [0.15, 0.2) is 23.8 Å². The lowest BCUT2D eigenvalue weighted by Crippen LogP contribution is -2.32. The number of benzene rings is 1. The van der Waals surface area contributed by atoms with Crippen LogP contribution in [0, 0.1) is 28.6 Å². The van der Waals surface area contributed by atoms with Gasteiger partial charge in [0.05, 0.1) is 7.11 Å². The summed E-state index contributed by atoms with van der Waals surface area (Å²) in [6, 6.07) is 9.56. The minimum Gasteiger partial charge on any atom is -0.496 e. The lowest BCUT2D eigenvalue weighted by molar-refractivity contribution is 0.183. The molecule has 1 fully saturated rings. The SMILES string of the molecule is COc1ccc(C=C(C#N)C#N)cc1CN1CCC(C)CC1. The lowest BCUT2D eigenvalue weighted by Gasteiger charge is -2.30. The first-order valence-electron chi connectivity index (χ1n) is 7.57. The number of methoxy groups -OCH3 is 1. The summed E-state index contributed by atoms with van der Waals surface area (Å²) >= 11 is 0. The van der Waals surface area contributed by atoms with E-state index in [9.17, 15) is 0 Å². The fraction of sp³-hybridized carbons (Fsp3) is 0.444. The lowest BCUT2D eigenvalue weighted by atomic mass is 9.98. The molecule has 0 aromatic heterocycles. The van der Waals surface area contributed by atoms with Gasteiger partial charge in [-0.05, 0) is 55.6 Å². The number of hydrogen-bond donors (Lipinski definition) is 0. The average molecular weight is 295 g/mol. The fourth-order valence-electron chi connectivity index (χ4n) is 2.73. The third-order valence-electron chi connectivity index (χ3n) is 4.13. The Hall–Kier alpha value is -2.30. The molecule has 114 valence electrons. The number of piperidine rings is 1. The summed E-state index contributed by atoms with van der Waals surface area (Å²) in [6.45, 7) is 5.35. The van der Waals surface area contributed by atoms with Gasteiger partial charge in [-0.1, -0.05) is 13.0 Å². The predicted octanol–water partition coefficient (Wildman–Crippen LogP) is 3.36. The minimum absolute atomic E-state index is 0.114. The Morgan fingerprint density at radius 3 is 2.59 bits per heavy atom. The number of rotatable bonds is 4. The predicted molar refractivity (Wildman–Crippen MR) is 85.9 cm³/mol. The Balaban J connectivity index is 2.20. The molecule has 1 heterocycles. The van der Waals surface area contributed by atoms with Crippen molar-refractivity contribution in [1.29, 1.82) is 10.5 Å². The van der Waals surface area contributed by atoms with Crippen LogP contribution in [0.2, 0.25) is 0 Å². The third kappa shape index (κ3) is 4.10. The van der Waals surface area contributed by atoms with Crippen molar-refractivity contribution in [3.63, 3.8) is 0 Å². The van der Waals surface area contributed by atoms with Gasteiger partial charge in [0.2, 0.25) is 0 Å². The molecule has 0 N–H and O–H groups in total. The molecule has 4 heteroatoms. The molecule has 1 aromatic carbocycles. The molecule has 0 unspecified atom stereocenters. The Bertz CT molecular complexity index is 613. The second kappa shape index (κ2) is 7.64. The van der Waals surface area contributed by atoms with Crippen molar-refractivity contribution in [2.75, 3.05) is 20.2 Å². The maximum atomic E-state index is 8.87. The largest absolute Gasteiger partial charge is 0.496 e. The Kier molecular flexibility index (Phi) is 5.58. The van der Waals surface area contributed by atoms with Crippen molar-refractivity contribution in [3.8, 4) is 17.9 Å². The summed E-state index contributed by atoms with van der Waals surface area (Å²) in [7, 11) is 1.67. The molecule has 0 bridgehead atoms. The summed E-state index contributed by atoms with van der Waals surface area (Å²) in [6.07, 6.45) is 4.07. The molecule has 0 spiro atoms. The van der Waals surface area contributed by atoms with E-state index >= 15 is 0 Å². The molecule has 0 amide bonds. The van der Waals surface area contributed by atoms with Crippen molar-refractivity contribution in [3.05, 3.63) is 34.9 Å². The highest BCUT2D eigenvalue weighted by molar-refractivity contribution is 5.63. The normalized spacial score (nSPS) is 15.6. The van der Waals surface area contributed by atoms with Crippen molar-refractivity contribution in [2.45, 2.75) is 26.3 Å². The van der Waals surface area contributed by atoms with E-state index in [0.717, 1.165) is 42.4 Å². The van der Waals surface area contributed by atoms with E-state index in [2.05, 4.69) is 11.8 Å². The standard InChI is InChI=1S/C18H21N3O/c1-14-5-7-21(8-6-14)13-17-10-15(3-4-18(17)22-2)9-16(11-19)12-20/h3-4,9-10,14H,5-8,13H2,1-2H3. The summed E-state index contributed by atoms with van der Waals surface area (Å²) in [4.78, 5) is 2.43. The van der Waals surface area contributed by atoms with Gasteiger partial charge in [-0.25, -0.2) is 0 Å². The van der Waals surface area contributed by atoms with Gasteiger partial charge in [-0.15, -0.1) is 0 Å². The highest BCUT2D eigenvalue weighted by Gasteiger charge is 2.17. The summed E-state index contributed by atoms with van der Waals surface area (Å²) < 4.78 is 5.44. The first kappa shape index (κ1) is 16.1. The minimum atomic E-state index is 0.114. The number of ether oxygens (including phenoxy) is 1. The molecule has 0 aliphatic carbocycles. The summed E-state index contributed by atoms with van der Waals surface area (Å²) in [5, 5.41) is 17.7. The van der Waals surface area contributed by atoms with Crippen molar-refractivity contribution in [1.82, 2.24) is 4.90 Å². The summed E-state index contributed by atoms with van der Waals surface area (Å²) in [5.41, 5.74) is 2.07. The highest BCUT2D eigenvalue weighted by Crippen LogP contribution is 2.25. The van der Waals surface area contributed by atoms with Crippen LogP contribution in [0.4, 0.5) is 0 Å². The molecule has 0 atom stereocenters. The van der Waals surface area contributed by atoms with Crippen LogP contribution >= 0.6 is 0 Å². The van der Waals surface area contributed by atoms with E-state index in [1.165, 1.54) is 12.8 Å². The quantitative estimate of drug-likeness (QED) is 0.799. The number of allylic oxidation sites excluding steroid dienone is 1. The van der Waals surface area contributed by atoms with Crippen molar-refractivity contribution in [2.24, 2.45) is 5.92 Å². The molecule has 4 nitrogen and oxygen atoms in total. The van der Waals surface area contributed by atoms with E-state index < -0.39 is 0 Å². The zero-order chi connectivity index (χ0) is 15.9. The smallest absolute Gasteiger partial charge is 0.130 e. The molecular formula is C18H21N3O. The second-order valence-corrected chi connectivity index (χ2v) is 5.81. The van der Waals surface area contributed by atoms with E-state index in [1.807, 2.05) is 30.3 Å². The van der Waals surface area contributed by atoms with Gasteiger partial charge in [0.25, 0.3) is 0 Å². The van der Waals surface area contributed by atoms with Gasteiger partial charge in [0.1, 0.15) is 23.5 Å². The molecule has 2 rings (SSSR count). The van der Waals surface area contributed by atoms with E-state index in [1.54, 1.807) is 13.2 Å². The van der Waals surface area contributed by atoms with Crippen LogP contribution in [0.1, 0.15) is 30.9 Å². The zero-order valence-electron chi connectivity index (χ0n) is 13.2. The number of nitriles is 2. The molecule has 0 radical (unpaired) electrons. The summed E-state index contributed by atoms with van der Waals surface area (Å²) in [5.74, 6) is 1.66. The van der Waals surface area contributed by atoms with E-state index in [4.69, 9.17) is 15.3 Å². The van der Waals surface area contributed by atoms with Crippen LogP contribution in [-0.2, 0) is 6.54 Å².